The summed E-state index contributed by atoms with van der Waals surface area (Å²) in [5, 5.41) is 0. The summed E-state index contributed by atoms with van der Waals surface area (Å²) in [7, 11) is 3.25. The SMILES string of the molecule is [CH2]OC(=O)C(c1ccccc1)C1CCCC1. The van der Waals surface area contributed by atoms with Crippen LogP contribution in [0.5, 0.6) is 0 Å². The number of carbonyl (C=O) groups is 1. The zero-order valence-electron chi connectivity index (χ0n) is 9.39. The molecule has 1 aliphatic carbocycles. The first kappa shape index (κ1) is 11.2. The van der Waals surface area contributed by atoms with Gasteiger partial charge in [0.15, 0.2) is 0 Å². The molecule has 1 aromatic carbocycles. The molecule has 2 heteroatoms. The number of esters is 1. The van der Waals surface area contributed by atoms with Crippen LogP contribution in [0.3, 0.4) is 0 Å². The third-order valence-corrected chi connectivity index (χ3v) is 3.43. The Bertz CT molecular complexity index is 339. The van der Waals surface area contributed by atoms with Gasteiger partial charge in [0.05, 0.1) is 5.92 Å². The monoisotopic (exact) mass is 217 g/mol. The molecule has 0 aliphatic heterocycles. The van der Waals surface area contributed by atoms with Crippen LogP contribution in [0.2, 0.25) is 0 Å². The van der Waals surface area contributed by atoms with Gasteiger partial charge >= 0.3 is 5.97 Å². The van der Waals surface area contributed by atoms with Gasteiger partial charge in [-0.2, -0.15) is 0 Å². The van der Waals surface area contributed by atoms with Crippen LogP contribution < -0.4 is 0 Å². The molecule has 0 saturated heterocycles. The quantitative estimate of drug-likeness (QED) is 0.726. The summed E-state index contributed by atoms with van der Waals surface area (Å²) in [6, 6.07) is 9.89. The van der Waals surface area contributed by atoms with Gasteiger partial charge in [0.25, 0.3) is 0 Å². The van der Waals surface area contributed by atoms with Crippen LogP contribution in [0.15, 0.2) is 30.3 Å². The molecule has 1 saturated carbocycles. The van der Waals surface area contributed by atoms with E-state index in [1.54, 1.807) is 0 Å². The van der Waals surface area contributed by atoms with Gasteiger partial charge in [0.1, 0.15) is 7.11 Å². The Labute approximate surface area is 96.6 Å². The van der Waals surface area contributed by atoms with Crippen LogP contribution >= 0.6 is 0 Å². The van der Waals surface area contributed by atoms with Gasteiger partial charge in [-0.3, -0.25) is 4.79 Å². The zero-order valence-corrected chi connectivity index (χ0v) is 9.39. The highest BCUT2D eigenvalue weighted by molar-refractivity contribution is 5.78. The van der Waals surface area contributed by atoms with E-state index in [0.717, 1.165) is 18.4 Å². The van der Waals surface area contributed by atoms with E-state index in [1.807, 2.05) is 30.3 Å². The maximum atomic E-state index is 11.8. The fourth-order valence-electron chi connectivity index (χ4n) is 2.64. The van der Waals surface area contributed by atoms with Crippen molar-refractivity contribution in [3.05, 3.63) is 43.0 Å². The third kappa shape index (κ3) is 2.26. The lowest BCUT2D eigenvalue weighted by Gasteiger charge is -2.21. The van der Waals surface area contributed by atoms with Crippen LogP contribution in [0.1, 0.15) is 37.2 Å². The molecule has 1 aliphatic rings. The molecule has 2 rings (SSSR count). The first-order valence-electron chi connectivity index (χ1n) is 5.83. The second-order valence-electron chi connectivity index (χ2n) is 4.40. The Kier molecular flexibility index (Phi) is 3.60. The fourth-order valence-corrected chi connectivity index (χ4v) is 2.64. The number of rotatable bonds is 3. The van der Waals surface area contributed by atoms with Crippen molar-refractivity contribution in [3.8, 4) is 0 Å². The number of hydrogen-bond acceptors (Lipinski definition) is 2. The largest absolute Gasteiger partial charge is 0.462 e. The molecule has 1 aromatic rings. The molecule has 1 radical (unpaired) electrons. The van der Waals surface area contributed by atoms with Crippen molar-refractivity contribution in [2.45, 2.75) is 31.6 Å². The van der Waals surface area contributed by atoms with E-state index in [9.17, 15) is 4.79 Å². The fraction of sp³-hybridized carbons (Fsp3) is 0.429. The minimum absolute atomic E-state index is 0.124. The van der Waals surface area contributed by atoms with Gasteiger partial charge < -0.3 is 4.74 Å². The molecular weight excluding hydrogens is 200 g/mol. The third-order valence-electron chi connectivity index (χ3n) is 3.43. The molecule has 0 N–H and O–H groups in total. The Morgan fingerprint density at radius 3 is 2.44 bits per heavy atom. The highest BCUT2D eigenvalue weighted by Gasteiger charge is 2.32. The second-order valence-corrected chi connectivity index (χ2v) is 4.40. The first-order chi connectivity index (χ1) is 7.83. The minimum Gasteiger partial charge on any atom is -0.462 e. The summed E-state index contributed by atoms with van der Waals surface area (Å²) in [4.78, 5) is 11.8. The van der Waals surface area contributed by atoms with Crippen molar-refractivity contribution in [2.75, 3.05) is 0 Å². The molecule has 0 spiro atoms. The van der Waals surface area contributed by atoms with Crippen molar-refractivity contribution >= 4 is 5.97 Å². The van der Waals surface area contributed by atoms with Crippen LogP contribution in [0, 0.1) is 13.0 Å². The lowest BCUT2D eigenvalue weighted by molar-refractivity contribution is -0.141. The summed E-state index contributed by atoms with van der Waals surface area (Å²) in [6.07, 6.45) is 4.68. The van der Waals surface area contributed by atoms with Crippen molar-refractivity contribution in [1.29, 1.82) is 0 Å². The number of carbonyl (C=O) groups excluding carboxylic acids is 1. The summed E-state index contributed by atoms with van der Waals surface area (Å²) in [6.45, 7) is 0. The van der Waals surface area contributed by atoms with Crippen LogP contribution in [0.25, 0.3) is 0 Å². The van der Waals surface area contributed by atoms with E-state index < -0.39 is 0 Å². The van der Waals surface area contributed by atoms with Crippen molar-refractivity contribution in [3.63, 3.8) is 0 Å². The molecular formula is C14H17O2. The van der Waals surface area contributed by atoms with E-state index in [-0.39, 0.29) is 11.9 Å². The van der Waals surface area contributed by atoms with E-state index in [0.29, 0.717) is 5.92 Å². The number of hydrogen-bond donors (Lipinski definition) is 0. The topological polar surface area (TPSA) is 26.3 Å². The van der Waals surface area contributed by atoms with E-state index in [1.165, 1.54) is 12.8 Å². The molecule has 0 aromatic heterocycles. The number of ether oxygens (including phenoxy) is 1. The predicted octanol–water partition coefficient (Wildman–Crippen LogP) is 3.30. The molecule has 0 heterocycles. The lowest BCUT2D eigenvalue weighted by Crippen LogP contribution is -2.20. The minimum atomic E-state index is -0.196. The Morgan fingerprint density at radius 1 is 1.25 bits per heavy atom. The zero-order chi connectivity index (χ0) is 11.4. The van der Waals surface area contributed by atoms with Gasteiger partial charge in [0.2, 0.25) is 0 Å². The average molecular weight is 217 g/mol. The van der Waals surface area contributed by atoms with Crippen LogP contribution in [-0.2, 0) is 9.53 Å². The number of benzene rings is 1. The molecule has 0 bridgehead atoms. The van der Waals surface area contributed by atoms with Crippen LogP contribution in [-0.4, -0.2) is 5.97 Å². The van der Waals surface area contributed by atoms with E-state index in [4.69, 9.17) is 4.74 Å². The summed E-state index contributed by atoms with van der Waals surface area (Å²) >= 11 is 0. The maximum Gasteiger partial charge on any atom is 0.313 e. The van der Waals surface area contributed by atoms with Crippen molar-refractivity contribution < 1.29 is 9.53 Å². The van der Waals surface area contributed by atoms with Crippen molar-refractivity contribution in [1.82, 2.24) is 0 Å². The molecule has 85 valence electrons. The van der Waals surface area contributed by atoms with Gasteiger partial charge in [-0.1, -0.05) is 43.2 Å². The van der Waals surface area contributed by atoms with Gasteiger partial charge in [-0.25, -0.2) is 0 Å². The Morgan fingerprint density at radius 2 is 1.88 bits per heavy atom. The van der Waals surface area contributed by atoms with Gasteiger partial charge in [-0.15, -0.1) is 0 Å². The van der Waals surface area contributed by atoms with E-state index >= 15 is 0 Å². The standard InChI is InChI=1S/C14H17O2/c1-16-14(15)13(12-9-5-6-10-12)11-7-3-2-4-8-11/h2-4,7-8,12-13H,1,5-6,9-10H2. The average Bonchev–Trinajstić information content (AvgIpc) is 2.84. The maximum absolute atomic E-state index is 11.8. The smallest absolute Gasteiger partial charge is 0.313 e. The van der Waals surface area contributed by atoms with E-state index in [2.05, 4.69) is 7.11 Å². The summed E-state index contributed by atoms with van der Waals surface area (Å²) in [5.74, 6) is 0.107. The van der Waals surface area contributed by atoms with Crippen molar-refractivity contribution in [2.24, 2.45) is 5.92 Å². The predicted molar refractivity (Wildman–Crippen MR) is 62.6 cm³/mol. The Balaban J connectivity index is 2.24. The van der Waals surface area contributed by atoms with Crippen LogP contribution in [0.4, 0.5) is 0 Å². The molecule has 1 fully saturated rings. The normalized spacial score (nSPS) is 18.3. The summed E-state index contributed by atoms with van der Waals surface area (Å²) < 4.78 is 4.69. The van der Waals surface area contributed by atoms with Gasteiger partial charge in [0, 0.05) is 0 Å². The Hall–Kier alpha value is -1.31. The molecule has 0 amide bonds. The second kappa shape index (κ2) is 5.15. The molecule has 1 unspecified atom stereocenters. The molecule has 16 heavy (non-hydrogen) atoms. The summed E-state index contributed by atoms with van der Waals surface area (Å²) in [5.41, 5.74) is 1.06. The van der Waals surface area contributed by atoms with Gasteiger partial charge in [-0.05, 0) is 24.3 Å². The molecule has 1 atom stereocenters. The molecule has 2 nitrogen and oxygen atoms in total. The highest BCUT2D eigenvalue weighted by atomic mass is 16.5. The highest BCUT2D eigenvalue weighted by Crippen LogP contribution is 2.37. The first-order valence-corrected chi connectivity index (χ1v) is 5.83. The lowest BCUT2D eigenvalue weighted by atomic mass is 9.85.